The number of benzene rings is 1. The third-order valence-electron chi connectivity index (χ3n) is 2.77. The summed E-state index contributed by atoms with van der Waals surface area (Å²) in [6.45, 7) is 0. The fourth-order valence-electron chi connectivity index (χ4n) is 2.00. The summed E-state index contributed by atoms with van der Waals surface area (Å²) in [6, 6.07) is 7.04. The van der Waals surface area contributed by atoms with E-state index in [2.05, 4.69) is 20.6 Å². The molecule has 0 aliphatic rings. The van der Waals surface area contributed by atoms with E-state index in [0.29, 0.717) is 12.2 Å². The number of fused-ring (bicyclic) bond motifs is 1. The third-order valence-corrected chi connectivity index (χ3v) is 2.77. The molecule has 18 heavy (non-hydrogen) atoms. The molecule has 1 aromatic carbocycles. The van der Waals surface area contributed by atoms with Gasteiger partial charge in [0, 0.05) is 18.0 Å². The minimum Gasteiger partial charge on any atom is -0.351 e. The SMILES string of the molecule is NC(=O)n1cc(Cc2nn[nH]n2)c2ccccc21. The number of H-pyrrole nitrogens is 1. The molecular weight excluding hydrogens is 232 g/mol. The van der Waals surface area contributed by atoms with Crippen LogP contribution in [0.2, 0.25) is 0 Å². The Bertz CT molecular complexity index is 699. The fraction of sp³-hybridized carbons (Fsp3) is 0.0909. The number of para-hydroxylation sites is 1. The van der Waals surface area contributed by atoms with E-state index in [1.54, 1.807) is 6.20 Å². The molecule has 0 saturated carbocycles. The van der Waals surface area contributed by atoms with E-state index < -0.39 is 6.03 Å². The van der Waals surface area contributed by atoms with Crippen molar-refractivity contribution in [2.75, 3.05) is 0 Å². The molecule has 0 saturated heterocycles. The van der Waals surface area contributed by atoms with Crippen LogP contribution in [0.1, 0.15) is 11.4 Å². The van der Waals surface area contributed by atoms with Gasteiger partial charge < -0.3 is 5.73 Å². The monoisotopic (exact) mass is 242 g/mol. The molecule has 0 aliphatic carbocycles. The van der Waals surface area contributed by atoms with Crippen LogP contribution in [0.3, 0.4) is 0 Å². The number of tetrazole rings is 1. The zero-order valence-corrected chi connectivity index (χ0v) is 9.37. The van der Waals surface area contributed by atoms with Crippen molar-refractivity contribution in [3.8, 4) is 0 Å². The number of aromatic nitrogens is 5. The topological polar surface area (TPSA) is 102 Å². The summed E-state index contributed by atoms with van der Waals surface area (Å²) in [5.74, 6) is 0.572. The van der Waals surface area contributed by atoms with Gasteiger partial charge in [0.05, 0.1) is 5.52 Å². The van der Waals surface area contributed by atoms with Crippen molar-refractivity contribution in [3.05, 3.63) is 41.9 Å². The molecule has 3 aromatic rings. The summed E-state index contributed by atoms with van der Waals surface area (Å²) in [5.41, 5.74) is 7.06. The molecule has 0 radical (unpaired) electrons. The summed E-state index contributed by atoms with van der Waals surface area (Å²) in [4.78, 5) is 11.4. The van der Waals surface area contributed by atoms with Crippen molar-refractivity contribution in [2.45, 2.75) is 6.42 Å². The molecule has 7 heteroatoms. The van der Waals surface area contributed by atoms with Gasteiger partial charge in [-0.15, -0.1) is 10.2 Å². The van der Waals surface area contributed by atoms with Crippen LogP contribution >= 0.6 is 0 Å². The van der Waals surface area contributed by atoms with Crippen LogP contribution in [-0.4, -0.2) is 31.2 Å². The second-order valence-electron chi connectivity index (χ2n) is 3.88. The molecular formula is C11H10N6O. The van der Waals surface area contributed by atoms with Gasteiger partial charge in [-0.1, -0.05) is 23.4 Å². The maximum atomic E-state index is 11.4. The maximum Gasteiger partial charge on any atom is 0.323 e. The number of aromatic amines is 1. The summed E-state index contributed by atoms with van der Waals surface area (Å²) in [5, 5.41) is 14.7. The third kappa shape index (κ3) is 1.61. The molecule has 2 aromatic heterocycles. The molecule has 0 unspecified atom stereocenters. The Morgan fingerprint density at radius 2 is 2.22 bits per heavy atom. The standard InChI is InChI=1S/C11H10N6O/c12-11(18)17-6-7(5-10-13-15-16-14-10)8-3-1-2-4-9(8)17/h1-4,6H,5H2,(H2,12,18)(H,13,14,15,16). The lowest BCUT2D eigenvalue weighted by molar-refractivity contribution is 0.251. The molecule has 0 atom stereocenters. The van der Waals surface area contributed by atoms with E-state index in [1.165, 1.54) is 4.57 Å². The zero-order chi connectivity index (χ0) is 12.5. The van der Waals surface area contributed by atoms with Crippen LogP contribution in [0.25, 0.3) is 10.9 Å². The van der Waals surface area contributed by atoms with Crippen molar-refractivity contribution in [1.29, 1.82) is 0 Å². The lowest BCUT2D eigenvalue weighted by Crippen LogP contribution is -2.18. The molecule has 0 fully saturated rings. The van der Waals surface area contributed by atoms with Crippen LogP contribution in [0.15, 0.2) is 30.5 Å². The molecule has 2 heterocycles. The number of hydrogen-bond acceptors (Lipinski definition) is 4. The first kappa shape index (κ1) is 10.5. The van der Waals surface area contributed by atoms with Gasteiger partial charge in [-0.05, 0) is 11.6 Å². The van der Waals surface area contributed by atoms with Crippen LogP contribution < -0.4 is 5.73 Å². The second kappa shape index (κ2) is 3.95. The van der Waals surface area contributed by atoms with Crippen molar-refractivity contribution in [3.63, 3.8) is 0 Å². The molecule has 0 aliphatic heterocycles. The van der Waals surface area contributed by atoms with Gasteiger partial charge in [0.1, 0.15) is 0 Å². The van der Waals surface area contributed by atoms with Crippen molar-refractivity contribution in [1.82, 2.24) is 25.2 Å². The Labute approximate surface area is 102 Å². The van der Waals surface area contributed by atoms with Crippen LogP contribution in [0.4, 0.5) is 4.79 Å². The number of amides is 1. The number of hydrogen-bond donors (Lipinski definition) is 2. The molecule has 3 N–H and O–H groups in total. The fourth-order valence-corrected chi connectivity index (χ4v) is 2.00. The lowest BCUT2D eigenvalue weighted by atomic mass is 10.1. The van der Waals surface area contributed by atoms with Crippen molar-refractivity contribution >= 4 is 16.9 Å². The van der Waals surface area contributed by atoms with E-state index in [1.807, 2.05) is 24.3 Å². The van der Waals surface area contributed by atoms with E-state index in [9.17, 15) is 4.79 Å². The number of carbonyl (C=O) groups excluding carboxylic acids is 1. The minimum atomic E-state index is -0.509. The highest BCUT2D eigenvalue weighted by atomic mass is 16.2. The van der Waals surface area contributed by atoms with E-state index in [4.69, 9.17) is 5.73 Å². The Morgan fingerprint density at radius 3 is 2.94 bits per heavy atom. The van der Waals surface area contributed by atoms with Gasteiger partial charge in [-0.3, -0.25) is 4.57 Å². The van der Waals surface area contributed by atoms with Gasteiger partial charge >= 0.3 is 6.03 Å². The largest absolute Gasteiger partial charge is 0.351 e. The quantitative estimate of drug-likeness (QED) is 0.689. The summed E-state index contributed by atoms with van der Waals surface area (Å²) >= 11 is 0. The Balaban J connectivity index is 2.14. The van der Waals surface area contributed by atoms with Crippen molar-refractivity contribution in [2.24, 2.45) is 5.73 Å². The smallest absolute Gasteiger partial charge is 0.323 e. The average molecular weight is 242 g/mol. The van der Waals surface area contributed by atoms with E-state index >= 15 is 0 Å². The molecule has 3 rings (SSSR count). The van der Waals surface area contributed by atoms with Crippen LogP contribution in [-0.2, 0) is 6.42 Å². The van der Waals surface area contributed by atoms with Crippen LogP contribution in [0, 0.1) is 0 Å². The Kier molecular flexibility index (Phi) is 2.30. The van der Waals surface area contributed by atoms with Gasteiger partial charge in [-0.2, -0.15) is 5.21 Å². The summed E-state index contributed by atoms with van der Waals surface area (Å²) < 4.78 is 1.42. The molecule has 7 nitrogen and oxygen atoms in total. The first-order valence-electron chi connectivity index (χ1n) is 5.37. The summed E-state index contributed by atoms with van der Waals surface area (Å²) in [7, 11) is 0. The Hall–Kier alpha value is -2.70. The number of primary amides is 1. The first-order chi connectivity index (χ1) is 8.75. The normalized spacial score (nSPS) is 10.9. The minimum absolute atomic E-state index is 0.497. The predicted molar refractivity (Wildman–Crippen MR) is 63.9 cm³/mol. The lowest BCUT2D eigenvalue weighted by Gasteiger charge is -1.96. The molecule has 1 amide bonds. The van der Waals surface area contributed by atoms with Crippen molar-refractivity contribution < 1.29 is 4.79 Å². The number of rotatable bonds is 2. The molecule has 0 bridgehead atoms. The van der Waals surface area contributed by atoms with Gasteiger partial charge in [0.15, 0.2) is 5.82 Å². The number of nitrogens with one attached hydrogen (secondary N) is 1. The van der Waals surface area contributed by atoms with Gasteiger partial charge in [-0.25, -0.2) is 4.79 Å². The average Bonchev–Trinajstić information content (AvgIpc) is 2.98. The molecule has 90 valence electrons. The number of carbonyl (C=O) groups is 1. The van der Waals surface area contributed by atoms with Gasteiger partial charge in [0.2, 0.25) is 0 Å². The highest BCUT2D eigenvalue weighted by molar-refractivity contribution is 5.93. The molecule has 0 spiro atoms. The predicted octanol–water partition coefficient (Wildman–Crippen LogP) is 0.672. The highest BCUT2D eigenvalue weighted by Gasteiger charge is 2.12. The zero-order valence-electron chi connectivity index (χ0n) is 9.37. The van der Waals surface area contributed by atoms with Crippen LogP contribution in [0.5, 0.6) is 0 Å². The van der Waals surface area contributed by atoms with E-state index in [-0.39, 0.29) is 0 Å². The highest BCUT2D eigenvalue weighted by Crippen LogP contribution is 2.22. The first-order valence-corrected chi connectivity index (χ1v) is 5.37. The second-order valence-corrected chi connectivity index (χ2v) is 3.88. The van der Waals surface area contributed by atoms with Gasteiger partial charge in [0.25, 0.3) is 0 Å². The number of nitrogens with zero attached hydrogens (tertiary/aromatic N) is 4. The summed E-state index contributed by atoms with van der Waals surface area (Å²) in [6.07, 6.45) is 2.21. The Morgan fingerprint density at radius 1 is 1.39 bits per heavy atom. The van der Waals surface area contributed by atoms with E-state index in [0.717, 1.165) is 16.5 Å². The maximum absolute atomic E-state index is 11.4. The number of nitrogens with two attached hydrogens (primary N) is 1.